The van der Waals surface area contributed by atoms with Gasteiger partial charge in [0.2, 0.25) is 0 Å². The van der Waals surface area contributed by atoms with Gasteiger partial charge in [-0.2, -0.15) is 0 Å². The van der Waals surface area contributed by atoms with E-state index in [1.807, 2.05) is 0 Å². The van der Waals surface area contributed by atoms with E-state index in [2.05, 4.69) is 27.7 Å². The first kappa shape index (κ1) is 9.51. The van der Waals surface area contributed by atoms with E-state index in [0.717, 1.165) is 18.4 Å². The summed E-state index contributed by atoms with van der Waals surface area (Å²) < 4.78 is 5.89. The molecule has 1 aliphatic carbocycles. The standard InChI is InChI=1S/C12H22O/c1-9(2)12(10(3)4)6-5-11(12)7-8-13-11/h9-10H,5-8H2,1-4H3. The Hall–Kier alpha value is -0.0400. The highest BCUT2D eigenvalue weighted by Crippen LogP contribution is 2.65. The zero-order valence-electron chi connectivity index (χ0n) is 9.39. The second-order valence-corrected chi connectivity index (χ2v) is 5.44. The summed E-state index contributed by atoms with van der Waals surface area (Å²) in [5, 5.41) is 0. The molecule has 1 saturated heterocycles. The maximum absolute atomic E-state index is 5.89. The lowest BCUT2D eigenvalue weighted by molar-refractivity contribution is -0.305. The van der Waals surface area contributed by atoms with Gasteiger partial charge in [-0.15, -0.1) is 0 Å². The van der Waals surface area contributed by atoms with Crippen molar-refractivity contribution < 1.29 is 4.74 Å². The van der Waals surface area contributed by atoms with Crippen molar-refractivity contribution in [2.24, 2.45) is 17.3 Å². The fraction of sp³-hybridized carbons (Fsp3) is 1.00. The van der Waals surface area contributed by atoms with Gasteiger partial charge in [-0.1, -0.05) is 27.7 Å². The molecule has 2 fully saturated rings. The molecule has 0 bridgehead atoms. The zero-order chi connectivity index (χ0) is 9.69. The Kier molecular flexibility index (Phi) is 1.99. The normalized spacial score (nSPS) is 36.5. The molecule has 2 rings (SSSR count). The Morgan fingerprint density at radius 2 is 1.46 bits per heavy atom. The van der Waals surface area contributed by atoms with Gasteiger partial charge >= 0.3 is 0 Å². The third-order valence-corrected chi connectivity index (χ3v) is 4.74. The van der Waals surface area contributed by atoms with Crippen LogP contribution >= 0.6 is 0 Å². The number of rotatable bonds is 2. The summed E-state index contributed by atoms with van der Waals surface area (Å²) in [5.74, 6) is 1.53. The maximum Gasteiger partial charge on any atom is 0.0765 e. The SMILES string of the molecule is CC(C)C1(C(C)C)CCC12CCO2. The third-order valence-electron chi connectivity index (χ3n) is 4.74. The van der Waals surface area contributed by atoms with Gasteiger partial charge in [0.05, 0.1) is 12.2 Å². The van der Waals surface area contributed by atoms with Gasteiger partial charge in [-0.3, -0.25) is 0 Å². The molecule has 0 amide bonds. The van der Waals surface area contributed by atoms with Crippen molar-refractivity contribution in [3.63, 3.8) is 0 Å². The molecular weight excluding hydrogens is 160 g/mol. The van der Waals surface area contributed by atoms with Crippen LogP contribution in [0.3, 0.4) is 0 Å². The number of hydrogen-bond donors (Lipinski definition) is 0. The molecular formula is C12H22O. The van der Waals surface area contributed by atoms with Crippen molar-refractivity contribution in [1.29, 1.82) is 0 Å². The molecule has 1 saturated carbocycles. The summed E-state index contributed by atoms with van der Waals surface area (Å²) in [6.07, 6.45) is 4.00. The monoisotopic (exact) mass is 182 g/mol. The first-order chi connectivity index (χ1) is 6.05. The average Bonchev–Trinajstić information content (AvgIpc) is 1.78. The Morgan fingerprint density at radius 3 is 1.54 bits per heavy atom. The van der Waals surface area contributed by atoms with Crippen molar-refractivity contribution in [1.82, 2.24) is 0 Å². The molecule has 76 valence electrons. The summed E-state index contributed by atoms with van der Waals surface area (Å²) in [5.41, 5.74) is 0.792. The smallest absolute Gasteiger partial charge is 0.0765 e. The molecule has 0 aromatic carbocycles. The van der Waals surface area contributed by atoms with Gasteiger partial charge in [0.25, 0.3) is 0 Å². The van der Waals surface area contributed by atoms with Crippen LogP contribution in [0.1, 0.15) is 47.0 Å². The van der Waals surface area contributed by atoms with Gasteiger partial charge in [0.15, 0.2) is 0 Å². The highest BCUT2D eigenvalue weighted by atomic mass is 16.5. The van der Waals surface area contributed by atoms with E-state index in [0.29, 0.717) is 11.0 Å². The van der Waals surface area contributed by atoms with Crippen molar-refractivity contribution in [3.05, 3.63) is 0 Å². The molecule has 2 aliphatic rings. The Labute approximate surface area is 81.9 Å². The van der Waals surface area contributed by atoms with E-state index >= 15 is 0 Å². The predicted octanol–water partition coefficient (Wildman–Crippen LogP) is 3.24. The van der Waals surface area contributed by atoms with E-state index < -0.39 is 0 Å². The summed E-state index contributed by atoms with van der Waals surface area (Å²) in [7, 11) is 0. The minimum atomic E-state index is 0.301. The van der Waals surface area contributed by atoms with Crippen LogP contribution in [0.5, 0.6) is 0 Å². The molecule has 1 spiro atoms. The number of hydrogen-bond acceptors (Lipinski definition) is 1. The molecule has 1 atom stereocenters. The van der Waals surface area contributed by atoms with Crippen LogP contribution in [0.25, 0.3) is 0 Å². The van der Waals surface area contributed by atoms with Crippen LogP contribution in [0, 0.1) is 17.3 Å². The first-order valence-corrected chi connectivity index (χ1v) is 5.69. The fourth-order valence-corrected chi connectivity index (χ4v) is 3.90. The van der Waals surface area contributed by atoms with Gasteiger partial charge in [-0.05, 0) is 24.7 Å². The van der Waals surface area contributed by atoms with Crippen LogP contribution in [0.15, 0.2) is 0 Å². The molecule has 0 N–H and O–H groups in total. The van der Waals surface area contributed by atoms with Crippen molar-refractivity contribution >= 4 is 0 Å². The van der Waals surface area contributed by atoms with E-state index in [1.165, 1.54) is 19.3 Å². The molecule has 13 heavy (non-hydrogen) atoms. The highest BCUT2D eigenvalue weighted by Gasteiger charge is 2.65. The topological polar surface area (TPSA) is 9.23 Å². The predicted molar refractivity (Wildman–Crippen MR) is 54.6 cm³/mol. The van der Waals surface area contributed by atoms with Crippen LogP contribution in [-0.2, 0) is 4.74 Å². The van der Waals surface area contributed by atoms with E-state index in [9.17, 15) is 0 Å². The Bertz CT molecular complexity index is 188. The molecule has 0 aromatic rings. The quantitative estimate of drug-likeness (QED) is 0.637. The highest BCUT2D eigenvalue weighted by molar-refractivity contribution is 5.14. The summed E-state index contributed by atoms with van der Waals surface area (Å²) in [6, 6.07) is 0. The lowest BCUT2D eigenvalue weighted by Gasteiger charge is -2.67. The molecule has 1 heterocycles. The van der Waals surface area contributed by atoms with Crippen LogP contribution < -0.4 is 0 Å². The van der Waals surface area contributed by atoms with Crippen LogP contribution in [0.4, 0.5) is 0 Å². The average molecular weight is 182 g/mol. The van der Waals surface area contributed by atoms with E-state index in [1.54, 1.807) is 0 Å². The Balaban J connectivity index is 2.24. The minimum Gasteiger partial charge on any atom is -0.374 e. The summed E-state index contributed by atoms with van der Waals surface area (Å²) in [4.78, 5) is 0. The summed E-state index contributed by atoms with van der Waals surface area (Å²) >= 11 is 0. The molecule has 1 nitrogen and oxygen atoms in total. The number of ether oxygens (including phenoxy) is 1. The van der Waals surface area contributed by atoms with Crippen LogP contribution in [-0.4, -0.2) is 12.2 Å². The van der Waals surface area contributed by atoms with Crippen molar-refractivity contribution in [3.8, 4) is 0 Å². The molecule has 1 aliphatic heterocycles. The van der Waals surface area contributed by atoms with Gasteiger partial charge < -0.3 is 4.74 Å². The molecule has 1 heteroatoms. The second kappa shape index (κ2) is 2.73. The molecule has 0 aromatic heterocycles. The lowest BCUT2D eigenvalue weighted by Crippen LogP contribution is -2.68. The third kappa shape index (κ3) is 0.918. The molecule has 0 radical (unpaired) electrons. The van der Waals surface area contributed by atoms with E-state index in [-0.39, 0.29) is 0 Å². The maximum atomic E-state index is 5.89. The first-order valence-electron chi connectivity index (χ1n) is 5.69. The van der Waals surface area contributed by atoms with Crippen molar-refractivity contribution in [2.75, 3.05) is 6.61 Å². The largest absolute Gasteiger partial charge is 0.374 e. The fourth-order valence-electron chi connectivity index (χ4n) is 3.90. The van der Waals surface area contributed by atoms with Crippen molar-refractivity contribution in [2.45, 2.75) is 52.6 Å². The van der Waals surface area contributed by atoms with Gasteiger partial charge in [-0.25, -0.2) is 0 Å². The second-order valence-electron chi connectivity index (χ2n) is 5.44. The van der Waals surface area contributed by atoms with Gasteiger partial charge in [0.1, 0.15) is 0 Å². The molecule has 1 unspecified atom stereocenters. The van der Waals surface area contributed by atoms with Crippen LogP contribution in [0.2, 0.25) is 0 Å². The zero-order valence-corrected chi connectivity index (χ0v) is 9.39. The van der Waals surface area contributed by atoms with E-state index in [4.69, 9.17) is 4.74 Å². The van der Waals surface area contributed by atoms with Gasteiger partial charge in [0, 0.05) is 11.8 Å². The lowest BCUT2D eigenvalue weighted by atomic mass is 9.45. The minimum absolute atomic E-state index is 0.301. The Morgan fingerprint density at radius 1 is 0.923 bits per heavy atom. The summed E-state index contributed by atoms with van der Waals surface area (Å²) in [6.45, 7) is 10.5.